The molecule has 3 heteroatoms. The zero-order chi connectivity index (χ0) is 11.6. The molecule has 2 fully saturated rings. The fraction of sp³-hybridized carbons (Fsp3) is 1.00. The molecule has 94 valence electrons. The van der Waals surface area contributed by atoms with E-state index in [9.17, 15) is 5.11 Å². The largest absolute Gasteiger partial charge is 0.394 e. The highest BCUT2D eigenvalue weighted by molar-refractivity contribution is 5.02. The van der Waals surface area contributed by atoms with Crippen molar-refractivity contribution in [1.82, 2.24) is 10.2 Å². The molecule has 0 amide bonds. The summed E-state index contributed by atoms with van der Waals surface area (Å²) >= 11 is 0. The molecule has 2 aliphatic rings. The van der Waals surface area contributed by atoms with Crippen LogP contribution in [0.4, 0.5) is 0 Å². The molecule has 3 nitrogen and oxygen atoms in total. The molecule has 1 saturated heterocycles. The zero-order valence-electron chi connectivity index (χ0n) is 10.7. The minimum atomic E-state index is -0.0307. The number of nitrogens with zero attached hydrogens (tertiary/aromatic N) is 1. The highest BCUT2D eigenvalue weighted by atomic mass is 16.3. The van der Waals surface area contributed by atoms with Crippen LogP contribution in [0.15, 0.2) is 0 Å². The van der Waals surface area contributed by atoms with Crippen molar-refractivity contribution in [2.24, 2.45) is 11.8 Å². The maximum absolute atomic E-state index is 9.69. The van der Waals surface area contributed by atoms with Crippen molar-refractivity contribution in [3.8, 4) is 0 Å². The van der Waals surface area contributed by atoms with Crippen LogP contribution in [0, 0.1) is 11.8 Å². The van der Waals surface area contributed by atoms with E-state index in [0.717, 1.165) is 12.5 Å². The molecule has 0 aromatic heterocycles. The molecule has 0 radical (unpaired) electrons. The van der Waals surface area contributed by atoms with Gasteiger partial charge in [-0.25, -0.2) is 0 Å². The normalized spacial score (nSPS) is 31.3. The minimum absolute atomic E-state index is 0.0307. The number of aliphatic hydroxyl groups excluding tert-OH is 1. The lowest BCUT2D eigenvalue weighted by atomic mass is 9.91. The quantitative estimate of drug-likeness (QED) is 0.736. The van der Waals surface area contributed by atoms with Gasteiger partial charge in [0, 0.05) is 13.1 Å². The molecule has 1 aliphatic heterocycles. The summed E-state index contributed by atoms with van der Waals surface area (Å²) in [5, 5.41) is 13.1. The van der Waals surface area contributed by atoms with Gasteiger partial charge in [0.15, 0.2) is 0 Å². The Hall–Kier alpha value is -0.120. The molecule has 2 atom stereocenters. The standard InChI is InChI=1S/C13H26N2O/c1-11-4-3-7-15(8-11)9-13(10-16,14-2)12-5-6-12/h11-12,14,16H,3-10H2,1-2H3. The van der Waals surface area contributed by atoms with Crippen molar-refractivity contribution < 1.29 is 5.11 Å². The van der Waals surface area contributed by atoms with Gasteiger partial charge in [-0.2, -0.15) is 0 Å². The number of piperidine rings is 1. The Balaban J connectivity index is 1.94. The fourth-order valence-electron chi connectivity index (χ4n) is 3.14. The summed E-state index contributed by atoms with van der Waals surface area (Å²) in [6.07, 6.45) is 5.25. The van der Waals surface area contributed by atoms with Gasteiger partial charge in [-0.1, -0.05) is 6.92 Å². The summed E-state index contributed by atoms with van der Waals surface area (Å²) < 4.78 is 0. The van der Waals surface area contributed by atoms with Crippen molar-refractivity contribution in [3.05, 3.63) is 0 Å². The maximum Gasteiger partial charge on any atom is 0.0628 e. The third-order valence-electron chi connectivity index (χ3n) is 4.39. The van der Waals surface area contributed by atoms with Crippen molar-refractivity contribution in [2.75, 3.05) is 33.3 Å². The molecule has 0 spiro atoms. The second kappa shape index (κ2) is 5.03. The van der Waals surface area contributed by atoms with E-state index in [1.165, 1.54) is 38.8 Å². The van der Waals surface area contributed by atoms with Crippen molar-refractivity contribution in [3.63, 3.8) is 0 Å². The predicted octanol–water partition coefficient (Wildman–Crippen LogP) is 1.08. The van der Waals surface area contributed by atoms with E-state index >= 15 is 0 Å². The van der Waals surface area contributed by atoms with Gasteiger partial charge in [-0.3, -0.25) is 0 Å². The summed E-state index contributed by atoms with van der Waals surface area (Å²) in [6, 6.07) is 0. The van der Waals surface area contributed by atoms with Gasteiger partial charge < -0.3 is 15.3 Å². The third kappa shape index (κ3) is 2.58. The number of hydrogen-bond acceptors (Lipinski definition) is 3. The predicted molar refractivity (Wildman–Crippen MR) is 66.4 cm³/mol. The molecule has 0 aromatic rings. The summed E-state index contributed by atoms with van der Waals surface area (Å²) in [4.78, 5) is 2.54. The average Bonchev–Trinajstić information content (AvgIpc) is 3.10. The lowest BCUT2D eigenvalue weighted by molar-refractivity contribution is 0.0760. The molecular weight excluding hydrogens is 200 g/mol. The molecule has 1 saturated carbocycles. The highest BCUT2D eigenvalue weighted by Crippen LogP contribution is 2.40. The maximum atomic E-state index is 9.69. The van der Waals surface area contributed by atoms with E-state index < -0.39 is 0 Å². The Bertz CT molecular complexity index is 224. The van der Waals surface area contributed by atoms with Crippen molar-refractivity contribution in [2.45, 2.75) is 38.1 Å². The van der Waals surface area contributed by atoms with Gasteiger partial charge in [-0.15, -0.1) is 0 Å². The Morgan fingerprint density at radius 1 is 1.38 bits per heavy atom. The minimum Gasteiger partial charge on any atom is -0.394 e. The SMILES string of the molecule is CNC(CO)(CN1CCCC(C)C1)C1CC1. The van der Waals surface area contributed by atoms with Crippen molar-refractivity contribution in [1.29, 1.82) is 0 Å². The van der Waals surface area contributed by atoms with Crippen LogP contribution in [-0.4, -0.2) is 48.8 Å². The fourth-order valence-corrected chi connectivity index (χ4v) is 3.14. The Morgan fingerprint density at radius 3 is 2.62 bits per heavy atom. The first kappa shape index (κ1) is 12.3. The van der Waals surface area contributed by atoms with Crippen LogP contribution in [0.5, 0.6) is 0 Å². The van der Waals surface area contributed by atoms with Gasteiger partial charge >= 0.3 is 0 Å². The topological polar surface area (TPSA) is 35.5 Å². The Labute approximate surface area is 99.2 Å². The van der Waals surface area contributed by atoms with Crippen LogP contribution in [0.1, 0.15) is 32.6 Å². The molecule has 1 aliphatic carbocycles. The number of likely N-dealkylation sites (tertiary alicyclic amines) is 1. The summed E-state index contributed by atoms with van der Waals surface area (Å²) in [6.45, 7) is 6.05. The van der Waals surface area contributed by atoms with Gasteiger partial charge in [0.2, 0.25) is 0 Å². The second-order valence-electron chi connectivity index (χ2n) is 5.82. The van der Waals surface area contributed by atoms with E-state index in [0.29, 0.717) is 5.92 Å². The van der Waals surface area contributed by atoms with Crippen LogP contribution in [0.25, 0.3) is 0 Å². The van der Waals surface area contributed by atoms with E-state index in [4.69, 9.17) is 0 Å². The Morgan fingerprint density at radius 2 is 2.12 bits per heavy atom. The van der Waals surface area contributed by atoms with E-state index in [2.05, 4.69) is 17.1 Å². The lowest BCUT2D eigenvalue weighted by Gasteiger charge is -2.40. The first-order valence-corrected chi connectivity index (χ1v) is 6.72. The molecular formula is C13H26N2O. The van der Waals surface area contributed by atoms with E-state index in [1.807, 2.05) is 7.05 Å². The van der Waals surface area contributed by atoms with E-state index in [-0.39, 0.29) is 12.1 Å². The average molecular weight is 226 g/mol. The van der Waals surface area contributed by atoms with Gasteiger partial charge in [0.1, 0.15) is 0 Å². The molecule has 2 unspecified atom stereocenters. The van der Waals surface area contributed by atoms with Crippen molar-refractivity contribution >= 4 is 0 Å². The highest BCUT2D eigenvalue weighted by Gasteiger charge is 2.44. The first-order chi connectivity index (χ1) is 7.70. The molecule has 0 aromatic carbocycles. The summed E-state index contributed by atoms with van der Waals surface area (Å²) in [5.41, 5.74) is -0.0307. The van der Waals surface area contributed by atoms with Crippen LogP contribution >= 0.6 is 0 Å². The Kier molecular flexibility index (Phi) is 3.88. The number of hydrogen-bond donors (Lipinski definition) is 2. The third-order valence-corrected chi connectivity index (χ3v) is 4.39. The summed E-state index contributed by atoms with van der Waals surface area (Å²) in [7, 11) is 2.00. The summed E-state index contributed by atoms with van der Waals surface area (Å²) in [5.74, 6) is 1.51. The number of likely N-dealkylation sites (N-methyl/N-ethyl adjacent to an activating group) is 1. The van der Waals surface area contributed by atoms with Gasteiger partial charge in [-0.05, 0) is 51.1 Å². The van der Waals surface area contributed by atoms with Crippen LogP contribution < -0.4 is 5.32 Å². The first-order valence-electron chi connectivity index (χ1n) is 6.72. The molecule has 2 rings (SSSR count). The van der Waals surface area contributed by atoms with Crippen LogP contribution in [-0.2, 0) is 0 Å². The number of nitrogens with one attached hydrogen (secondary N) is 1. The monoisotopic (exact) mass is 226 g/mol. The van der Waals surface area contributed by atoms with Gasteiger partial charge in [0.05, 0.1) is 12.1 Å². The van der Waals surface area contributed by atoms with Crippen LogP contribution in [0.2, 0.25) is 0 Å². The molecule has 1 heterocycles. The number of aliphatic hydroxyl groups is 1. The molecule has 2 N–H and O–H groups in total. The smallest absolute Gasteiger partial charge is 0.0628 e. The van der Waals surface area contributed by atoms with Gasteiger partial charge in [0.25, 0.3) is 0 Å². The lowest BCUT2D eigenvalue weighted by Crippen LogP contribution is -2.57. The zero-order valence-corrected chi connectivity index (χ0v) is 10.7. The van der Waals surface area contributed by atoms with Crippen LogP contribution in [0.3, 0.4) is 0 Å². The second-order valence-corrected chi connectivity index (χ2v) is 5.82. The molecule has 0 bridgehead atoms. The number of rotatable bonds is 5. The van der Waals surface area contributed by atoms with E-state index in [1.54, 1.807) is 0 Å². The molecule has 16 heavy (non-hydrogen) atoms.